The van der Waals surface area contributed by atoms with Crippen LogP contribution in [0.25, 0.3) is 0 Å². The summed E-state index contributed by atoms with van der Waals surface area (Å²) in [7, 11) is 0. The molecule has 1 aliphatic carbocycles. The van der Waals surface area contributed by atoms with Crippen LogP contribution in [0.3, 0.4) is 0 Å². The number of hydrogen-bond donors (Lipinski definition) is 2. The Labute approximate surface area is 123 Å². The number of carbonyl (C=O) groups excluding carboxylic acids is 1. The summed E-state index contributed by atoms with van der Waals surface area (Å²) in [6.07, 6.45) is 0.742. The molecule has 1 aliphatic heterocycles. The summed E-state index contributed by atoms with van der Waals surface area (Å²) >= 11 is 0. The zero-order chi connectivity index (χ0) is 15.4. The third-order valence-corrected chi connectivity index (χ3v) is 4.87. The molecular weight excluding hydrogens is 270 g/mol. The van der Waals surface area contributed by atoms with Crippen LogP contribution in [0, 0.1) is 17.3 Å². The van der Waals surface area contributed by atoms with E-state index in [-0.39, 0.29) is 11.7 Å². The molecule has 2 unspecified atom stereocenters. The number of carboxylic acids is 1. The molecule has 21 heavy (non-hydrogen) atoms. The number of phenolic OH excluding ortho intramolecular Hbond substituents is 1. The number of aromatic hydroxyl groups is 1. The van der Waals surface area contributed by atoms with E-state index in [1.54, 1.807) is 17.0 Å². The minimum absolute atomic E-state index is 0.0820. The number of rotatable bonds is 2. The van der Waals surface area contributed by atoms with Crippen molar-refractivity contribution in [3.63, 3.8) is 0 Å². The maximum absolute atomic E-state index is 12.6. The predicted octanol–water partition coefficient (Wildman–Crippen LogP) is 1.63. The molecule has 0 aromatic heterocycles. The van der Waals surface area contributed by atoms with E-state index in [2.05, 4.69) is 0 Å². The average molecular weight is 289 g/mol. The van der Waals surface area contributed by atoms with E-state index < -0.39 is 23.2 Å². The van der Waals surface area contributed by atoms with E-state index in [9.17, 15) is 19.8 Å². The highest BCUT2D eigenvalue weighted by atomic mass is 16.4. The molecular formula is C16H19NO4. The first kappa shape index (κ1) is 13.9. The summed E-state index contributed by atoms with van der Waals surface area (Å²) in [5, 5.41) is 18.7. The standard InChI is InChI=1S/C16H19NO4/c1-16(2)12(13(16)15(20)21)14(19)17-6-5-9-3-4-11(18)7-10(9)8-17/h3-4,7,12-13,18H,5-6,8H2,1-2H3,(H,20,21). The van der Waals surface area contributed by atoms with Crippen LogP contribution in [0.2, 0.25) is 0 Å². The van der Waals surface area contributed by atoms with E-state index in [1.165, 1.54) is 0 Å². The van der Waals surface area contributed by atoms with Gasteiger partial charge in [-0.1, -0.05) is 19.9 Å². The fraction of sp³-hybridized carbons (Fsp3) is 0.500. The molecule has 1 aromatic carbocycles. The molecule has 0 spiro atoms. The van der Waals surface area contributed by atoms with Crippen molar-refractivity contribution < 1.29 is 19.8 Å². The molecule has 0 radical (unpaired) electrons. The highest BCUT2D eigenvalue weighted by Crippen LogP contribution is 2.59. The largest absolute Gasteiger partial charge is 0.508 e. The van der Waals surface area contributed by atoms with Crippen molar-refractivity contribution in [1.29, 1.82) is 0 Å². The number of hydrogen-bond acceptors (Lipinski definition) is 3. The van der Waals surface area contributed by atoms with Gasteiger partial charge in [-0.15, -0.1) is 0 Å². The second-order valence-electron chi connectivity index (χ2n) is 6.58. The first-order valence-electron chi connectivity index (χ1n) is 7.14. The van der Waals surface area contributed by atoms with Crippen LogP contribution in [0.4, 0.5) is 0 Å². The molecule has 1 saturated carbocycles. The lowest BCUT2D eigenvalue weighted by Gasteiger charge is -2.29. The van der Waals surface area contributed by atoms with Crippen molar-refractivity contribution >= 4 is 11.9 Å². The van der Waals surface area contributed by atoms with E-state index in [0.29, 0.717) is 13.1 Å². The van der Waals surface area contributed by atoms with Crippen molar-refractivity contribution in [2.24, 2.45) is 17.3 Å². The Morgan fingerprint density at radius 1 is 1.24 bits per heavy atom. The zero-order valence-electron chi connectivity index (χ0n) is 12.2. The normalized spacial score (nSPS) is 26.1. The lowest BCUT2D eigenvalue weighted by atomic mass is 9.98. The molecule has 1 aromatic rings. The Morgan fingerprint density at radius 2 is 1.95 bits per heavy atom. The topological polar surface area (TPSA) is 77.8 Å². The summed E-state index contributed by atoms with van der Waals surface area (Å²) < 4.78 is 0. The fourth-order valence-corrected chi connectivity index (χ4v) is 3.49. The van der Waals surface area contributed by atoms with E-state index in [4.69, 9.17) is 0 Å². The third kappa shape index (κ3) is 2.17. The highest BCUT2D eigenvalue weighted by Gasteiger charge is 2.66. The van der Waals surface area contributed by atoms with Gasteiger partial charge in [-0.2, -0.15) is 0 Å². The minimum Gasteiger partial charge on any atom is -0.508 e. The number of nitrogens with zero attached hydrogens (tertiary/aromatic N) is 1. The van der Waals surface area contributed by atoms with Crippen LogP contribution in [-0.4, -0.2) is 33.5 Å². The van der Waals surface area contributed by atoms with Gasteiger partial charge in [0.15, 0.2) is 0 Å². The summed E-state index contributed by atoms with van der Waals surface area (Å²) in [4.78, 5) is 25.5. The van der Waals surface area contributed by atoms with E-state index in [0.717, 1.165) is 17.5 Å². The van der Waals surface area contributed by atoms with Gasteiger partial charge in [0, 0.05) is 13.1 Å². The molecule has 1 amide bonds. The molecule has 2 aliphatic rings. The second kappa shape index (κ2) is 4.48. The van der Waals surface area contributed by atoms with Crippen LogP contribution in [-0.2, 0) is 22.6 Å². The van der Waals surface area contributed by atoms with Gasteiger partial charge in [0.25, 0.3) is 0 Å². The van der Waals surface area contributed by atoms with Crippen molar-refractivity contribution in [2.75, 3.05) is 6.54 Å². The number of phenols is 1. The molecule has 5 heteroatoms. The Morgan fingerprint density at radius 3 is 2.57 bits per heavy atom. The Kier molecular flexibility index (Phi) is 2.97. The number of amides is 1. The third-order valence-electron chi connectivity index (χ3n) is 4.87. The average Bonchev–Trinajstić information content (AvgIpc) is 3.00. The molecule has 1 fully saturated rings. The van der Waals surface area contributed by atoms with Crippen molar-refractivity contribution in [1.82, 2.24) is 4.90 Å². The number of benzene rings is 1. The smallest absolute Gasteiger partial charge is 0.307 e. The summed E-state index contributed by atoms with van der Waals surface area (Å²) in [6.45, 7) is 4.72. The van der Waals surface area contributed by atoms with Gasteiger partial charge < -0.3 is 15.1 Å². The van der Waals surface area contributed by atoms with Gasteiger partial charge in [-0.3, -0.25) is 9.59 Å². The second-order valence-corrected chi connectivity index (χ2v) is 6.58. The van der Waals surface area contributed by atoms with Crippen LogP contribution in [0.5, 0.6) is 5.75 Å². The number of aliphatic carboxylic acids is 1. The van der Waals surface area contributed by atoms with E-state index in [1.807, 2.05) is 19.9 Å². The quantitative estimate of drug-likeness (QED) is 0.867. The summed E-state index contributed by atoms with van der Waals surface area (Å²) in [5.74, 6) is -1.81. The molecule has 2 N–H and O–H groups in total. The Hall–Kier alpha value is -2.04. The Bertz CT molecular complexity index is 623. The minimum atomic E-state index is -0.895. The van der Waals surface area contributed by atoms with Gasteiger partial charge in [0.05, 0.1) is 11.8 Å². The number of carbonyl (C=O) groups is 2. The summed E-state index contributed by atoms with van der Waals surface area (Å²) in [6, 6.07) is 5.22. The zero-order valence-corrected chi connectivity index (χ0v) is 12.2. The van der Waals surface area contributed by atoms with Crippen LogP contribution in [0.1, 0.15) is 25.0 Å². The molecule has 0 saturated heterocycles. The van der Waals surface area contributed by atoms with Crippen LogP contribution < -0.4 is 0 Å². The molecule has 0 bridgehead atoms. The van der Waals surface area contributed by atoms with Gasteiger partial charge >= 0.3 is 5.97 Å². The first-order chi connectivity index (χ1) is 9.82. The van der Waals surface area contributed by atoms with Crippen molar-refractivity contribution in [3.8, 4) is 5.75 Å². The molecule has 1 heterocycles. The van der Waals surface area contributed by atoms with E-state index >= 15 is 0 Å². The SMILES string of the molecule is CC1(C)C(C(=O)O)C1C(=O)N1CCc2ccc(O)cc2C1. The number of fused-ring (bicyclic) bond motifs is 1. The summed E-state index contributed by atoms with van der Waals surface area (Å²) in [5.41, 5.74) is 1.61. The molecule has 5 nitrogen and oxygen atoms in total. The predicted molar refractivity (Wildman–Crippen MR) is 75.6 cm³/mol. The van der Waals surface area contributed by atoms with Gasteiger partial charge in [0.2, 0.25) is 5.91 Å². The van der Waals surface area contributed by atoms with Crippen LogP contribution >= 0.6 is 0 Å². The number of carboxylic acid groups (broad SMARTS) is 1. The molecule has 2 atom stereocenters. The van der Waals surface area contributed by atoms with Gasteiger partial charge in [0.1, 0.15) is 5.75 Å². The van der Waals surface area contributed by atoms with Crippen molar-refractivity contribution in [3.05, 3.63) is 29.3 Å². The monoisotopic (exact) mass is 289 g/mol. The van der Waals surface area contributed by atoms with Crippen molar-refractivity contribution in [2.45, 2.75) is 26.8 Å². The fourth-order valence-electron chi connectivity index (χ4n) is 3.49. The molecule has 3 rings (SSSR count). The Balaban J connectivity index is 1.78. The lowest BCUT2D eigenvalue weighted by Crippen LogP contribution is -2.38. The maximum atomic E-state index is 12.6. The molecule has 112 valence electrons. The highest BCUT2D eigenvalue weighted by molar-refractivity contribution is 5.91. The van der Waals surface area contributed by atoms with Crippen LogP contribution in [0.15, 0.2) is 18.2 Å². The van der Waals surface area contributed by atoms with Gasteiger partial charge in [-0.25, -0.2) is 0 Å². The first-order valence-corrected chi connectivity index (χ1v) is 7.14. The maximum Gasteiger partial charge on any atom is 0.307 e. The van der Waals surface area contributed by atoms with Gasteiger partial charge in [-0.05, 0) is 35.1 Å². The lowest BCUT2D eigenvalue weighted by molar-refractivity contribution is -0.142.